The number of nitrogens with one attached hydrogen (secondary N) is 1. The fraction of sp³-hybridized carbons (Fsp3) is 1.00. The molecule has 12 heavy (non-hydrogen) atoms. The van der Waals surface area contributed by atoms with Crippen LogP contribution in [0, 0.1) is 0 Å². The molecule has 1 fully saturated rings. The van der Waals surface area contributed by atoms with E-state index in [1.54, 1.807) is 0 Å². The van der Waals surface area contributed by atoms with Crippen molar-refractivity contribution in [3.63, 3.8) is 0 Å². The predicted octanol–water partition coefficient (Wildman–Crippen LogP) is 1.24. The Bertz CT molecular complexity index is 125. The van der Waals surface area contributed by atoms with Crippen molar-refractivity contribution in [2.75, 3.05) is 18.1 Å². The zero-order chi connectivity index (χ0) is 9.03. The van der Waals surface area contributed by atoms with E-state index in [1.165, 1.54) is 17.9 Å². The Morgan fingerprint density at radius 1 is 1.50 bits per heavy atom. The molecule has 1 atom stereocenters. The second-order valence-corrected chi connectivity index (χ2v) is 5.29. The SMILES string of the molecule is CC(C)(O)CC1CCSCCN1. The van der Waals surface area contributed by atoms with Crippen molar-refractivity contribution in [3.8, 4) is 0 Å². The van der Waals surface area contributed by atoms with Gasteiger partial charge >= 0.3 is 0 Å². The third-order valence-electron chi connectivity index (χ3n) is 2.04. The molecule has 0 aromatic rings. The highest BCUT2D eigenvalue weighted by Crippen LogP contribution is 2.17. The number of rotatable bonds is 2. The monoisotopic (exact) mass is 189 g/mol. The van der Waals surface area contributed by atoms with Gasteiger partial charge in [0.25, 0.3) is 0 Å². The Balaban J connectivity index is 2.30. The van der Waals surface area contributed by atoms with Gasteiger partial charge in [0.1, 0.15) is 0 Å². The molecule has 1 unspecified atom stereocenters. The van der Waals surface area contributed by atoms with E-state index in [1.807, 2.05) is 25.6 Å². The van der Waals surface area contributed by atoms with Crippen LogP contribution in [0.5, 0.6) is 0 Å². The first-order valence-electron chi connectivity index (χ1n) is 4.61. The molecule has 0 aromatic heterocycles. The van der Waals surface area contributed by atoms with Gasteiger partial charge in [-0.3, -0.25) is 0 Å². The number of thioether (sulfide) groups is 1. The lowest BCUT2D eigenvalue weighted by molar-refractivity contribution is 0.0592. The molecule has 2 N–H and O–H groups in total. The molecule has 1 rings (SSSR count). The maximum absolute atomic E-state index is 9.61. The van der Waals surface area contributed by atoms with Crippen LogP contribution in [0.3, 0.4) is 0 Å². The maximum atomic E-state index is 9.61. The average Bonchev–Trinajstić information content (AvgIpc) is 2.12. The summed E-state index contributed by atoms with van der Waals surface area (Å²) in [6.45, 7) is 4.85. The molecular weight excluding hydrogens is 170 g/mol. The molecule has 3 heteroatoms. The molecule has 0 spiro atoms. The summed E-state index contributed by atoms with van der Waals surface area (Å²) in [6.07, 6.45) is 2.06. The summed E-state index contributed by atoms with van der Waals surface area (Å²) in [5.74, 6) is 2.44. The summed E-state index contributed by atoms with van der Waals surface area (Å²) in [7, 11) is 0. The summed E-state index contributed by atoms with van der Waals surface area (Å²) in [5.41, 5.74) is -0.521. The molecular formula is C9H19NOS. The van der Waals surface area contributed by atoms with Gasteiger partial charge in [-0.25, -0.2) is 0 Å². The third kappa shape index (κ3) is 4.33. The Kier molecular flexibility index (Phi) is 3.87. The van der Waals surface area contributed by atoms with Gasteiger partial charge in [0.15, 0.2) is 0 Å². The van der Waals surface area contributed by atoms with Crippen LogP contribution in [0.25, 0.3) is 0 Å². The summed E-state index contributed by atoms with van der Waals surface area (Å²) >= 11 is 2.00. The zero-order valence-corrected chi connectivity index (χ0v) is 8.78. The van der Waals surface area contributed by atoms with Gasteiger partial charge in [0.2, 0.25) is 0 Å². The second-order valence-electron chi connectivity index (χ2n) is 4.07. The lowest BCUT2D eigenvalue weighted by Crippen LogP contribution is -2.36. The zero-order valence-electron chi connectivity index (χ0n) is 7.97. The Labute approximate surface area is 79.1 Å². The summed E-state index contributed by atoms with van der Waals surface area (Å²) < 4.78 is 0. The largest absolute Gasteiger partial charge is 0.390 e. The molecule has 2 nitrogen and oxygen atoms in total. The Hall–Kier alpha value is 0.270. The van der Waals surface area contributed by atoms with Gasteiger partial charge in [-0.15, -0.1) is 0 Å². The van der Waals surface area contributed by atoms with E-state index in [0.29, 0.717) is 6.04 Å². The molecule has 0 saturated carbocycles. The van der Waals surface area contributed by atoms with Crippen LogP contribution in [0.2, 0.25) is 0 Å². The van der Waals surface area contributed by atoms with Gasteiger partial charge in [0, 0.05) is 18.3 Å². The molecule has 0 radical (unpaired) electrons. The fourth-order valence-electron chi connectivity index (χ4n) is 1.54. The van der Waals surface area contributed by atoms with Crippen molar-refractivity contribution in [3.05, 3.63) is 0 Å². The van der Waals surface area contributed by atoms with Crippen molar-refractivity contribution < 1.29 is 5.11 Å². The highest BCUT2D eigenvalue weighted by atomic mass is 32.2. The lowest BCUT2D eigenvalue weighted by Gasteiger charge is -2.24. The smallest absolute Gasteiger partial charge is 0.0606 e. The highest BCUT2D eigenvalue weighted by Gasteiger charge is 2.20. The molecule has 0 amide bonds. The molecule has 0 bridgehead atoms. The van der Waals surface area contributed by atoms with Gasteiger partial charge in [-0.2, -0.15) is 11.8 Å². The van der Waals surface area contributed by atoms with Crippen LogP contribution in [0.4, 0.5) is 0 Å². The van der Waals surface area contributed by atoms with E-state index >= 15 is 0 Å². The molecule has 72 valence electrons. The molecule has 1 aliphatic rings. The normalized spacial score (nSPS) is 26.8. The van der Waals surface area contributed by atoms with Crippen LogP contribution >= 0.6 is 11.8 Å². The fourth-order valence-corrected chi connectivity index (χ4v) is 2.46. The number of hydrogen-bond acceptors (Lipinski definition) is 3. The van der Waals surface area contributed by atoms with E-state index in [2.05, 4.69) is 5.32 Å². The first-order chi connectivity index (χ1) is 5.58. The maximum Gasteiger partial charge on any atom is 0.0606 e. The van der Waals surface area contributed by atoms with Crippen molar-refractivity contribution >= 4 is 11.8 Å². The summed E-state index contributed by atoms with van der Waals surface area (Å²) in [5, 5.41) is 13.1. The van der Waals surface area contributed by atoms with Gasteiger partial charge in [0.05, 0.1) is 5.60 Å². The highest BCUT2D eigenvalue weighted by molar-refractivity contribution is 7.99. The third-order valence-corrected chi connectivity index (χ3v) is 3.05. The molecule has 1 heterocycles. The van der Waals surface area contributed by atoms with Crippen LogP contribution in [0.1, 0.15) is 26.7 Å². The summed E-state index contributed by atoms with van der Waals surface area (Å²) in [4.78, 5) is 0. The number of aliphatic hydroxyl groups is 1. The van der Waals surface area contributed by atoms with E-state index in [-0.39, 0.29) is 0 Å². The van der Waals surface area contributed by atoms with Crippen LogP contribution in [-0.4, -0.2) is 34.8 Å². The predicted molar refractivity (Wildman–Crippen MR) is 54.6 cm³/mol. The van der Waals surface area contributed by atoms with Crippen molar-refractivity contribution in [1.82, 2.24) is 5.32 Å². The molecule has 0 aliphatic carbocycles. The minimum Gasteiger partial charge on any atom is -0.390 e. The van der Waals surface area contributed by atoms with Crippen LogP contribution < -0.4 is 5.32 Å². The average molecular weight is 189 g/mol. The van der Waals surface area contributed by atoms with Crippen molar-refractivity contribution in [1.29, 1.82) is 0 Å². The molecule has 0 aromatic carbocycles. The second kappa shape index (κ2) is 4.49. The molecule has 1 aliphatic heterocycles. The standard InChI is InChI=1S/C9H19NOS/c1-9(2,11)7-8-3-5-12-6-4-10-8/h8,10-11H,3-7H2,1-2H3. The van der Waals surface area contributed by atoms with E-state index in [9.17, 15) is 5.11 Å². The first-order valence-corrected chi connectivity index (χ1v) is 5.77. The van der Waals surface area contributed by atoms with Gasteiger partial charge in [-0.05, 0) is 32.4 Å². The van der Waals surface area contributed by atoms with Crippen molar-refractivity contribution in [2.24, 2.45) is 0 Å². The minimum atomic E-state index is -0.521. The van der Waals surface area contributed by atoms with Gasteiger partial charge in [-0.1, -0.05) is 0 Å². The van der Waals surface area contributed by atoms with E-state index < -0.39 is 5.60 Å². The van der Waals surface area contributed by atoms with E-state index in [0.717, 1.165) is 13.0 Å². The topological polar surface area (TPSA) is 32.3 Å². The van der Waals surface area contributed by atoms with Crippen LogP contribution in [-0.2, 0) is 0 Å². The minimum absolute atomic E-state index is 0.514. The number of hydrogen-bond donors (Lipinski definition) is 2. The quantitative estimate of drug-likeness (QED) is 0.685. The Morgan fingerprint density at radius 3 is 2.92 bits per heavy atom. The molecule has 1 saturated heterocycles. The van der Waals surface area contributed by atoms with Gasteiger partial charge < -0.3 is 10.4 Å². The summed E-state index contributed by atoms with van der Waals surface area (Å²) in [6, 6.07) is 0.514. The van der Waals surface area contributed by atoms with E-state index in [4.69, 9.17) is 0 Å². The Morgan fingerprint density at radius 2 is 2.25 bits per heavy atom. The van der Waals surface area contributed by atoms with Crippen molar-refractivity contribution in [2.45, 2.75) is 38.3 Å². The lowest BCUT2D eigenvalue weighted by atomic mass is 9.97. The first kappa shape index (κ1) is 10.4. The van der Waals surface area contributed by atoms with Crippen LogP contribution in [0.15, 0.2) is 0 Å².